The minimum Gasteiger partial charge on any atom is -0.508 e. The number of aromatic hydroxyl groups is 1. The smallest absolute Gasteiger partial charge is 0.255 e. The third-order valence-electron chi connectivity index (χ3n) is 8.86. The van der Waals surface area contributed by atoms with Gasteiger partial charge in [0.25, 0.3) is 5.91 Å². The van der Waals surface area contributed by atoms with Crippen LogP contribution in [0.5, 0.6) is 5.75 Å². The molecule has 5 rings (SSSR count). The van der Waals surface area contributed by atoms with Crippen molar-refractivity contribution >= 4 is 34.8 Å². The maximum atomic E-state index is 14.1. The number of hydrogen-bond donors (Lipinski definition) is 8. The molecule has 2 amide bonds. The summed E-state index contributed by atoms with van der Waals surface area (Å²) in [6.07, 6.45) is -1.69. The summed E-state index contributed by atoms with van der Waals surface area (Å²) in [4.78, 5) is 53.4. The summed E-state index contributed by atoms with van der Waals surface area (Å²) in [6.45, 7) is 1.95. The van der Waals surface area contributed by atoms with Gasteiger partial charge in [0.05, 0.1) is 35.9 Å². The molecule has 44 heavy (non-hydrogen) atoms. The summed E-state index contributed by atoms with van der Waals surface area (Å²) in [7, 11) is 2.88. The van der Waals surface area contributed by atoms with E-state index in [9.17, 15) is 44.7 Å². The molecule has 3 aliphatic rings. The molecule has 0 bridgehead atoms. The normalized spacial score (nSPS) is 28.0. The monoisotopic (exact) mass is 606 g/mol. The van der Waals surface area contributed by atoms with Crippen LogP contribution in [-0.2, 0) is 25.7 Å². The molecule has 0 aliphatic heterocycles. The quantitative estimate of drug-likeness (QED) is 0.157. The Morgan fingerprint density at radius 3 is 2.32 bits per heavy atom. The number of likely N-dealkylation sites (N-methyl/N-ethyl adjacent to an activating group) is 1. The van der Waals surface area contributed by atoms with Crippen LogP contribution in [0, 0.1) is 11.8 Å². The van der Waals surface area contributed by atoms with E-state index < -0.39 is 87.3 Å². The molecular formula is C31H34N4O9. The van der Waals surface area contributed by atoms with Gasteiger partial charge < -0.3 is 41.9 Å². The Labute approximate surface area is 252 Å². The molecule has 5 unspecified atom stereocenters. The van der Waals surface area contributed by atoms with E-state index in [-0.39, 0.29) is 17.8 Å². The number of ketones is 2. The van der Waals surface area contributed by atoms with Crippen LogP contribution in [0.2, 0.25) is 0 Å². The molecule has 6 atom stereocenters. The number of aliphatic hydroxyl groups excluding tert-OH is 3. The van der Waals surface area contributed by atoms with Crippen molar-refractivity contribution in [1.82, 2.24) is 10.2 Å². The second-order valence-electron chi connectivity index (χ2n) is 11.6. The first kappa shape index (κ1) is 30.9. The van der Waals surface area contributed by atoms with E-state index in [1.165, 1.54) is 31.1 Å². The molecule has 1 fully saturated rings. The average Bonchev–Trinajstić information content (AvgIpc) is 2.96. The van der Waals surface area contributed by atoms with E-state index in [1.54, 1.807) is 6.92 Å². The molecule has 2 aromatic rings. The second-order valence-corrected chi connectivity index (χ2v) is 11.6. The summed E-state index contributed by atoms with van der Waals surface area (Å²) >= 11 is 0. The van der Waals surface area contributed by atoms with Crippen molar-refractivity contribution in [1.29, 1.82) is 0 Å². The van der Waals surface area contributed by atoms with Crippen molar-refractivity contribution < 1.29 is 44.7 Å². The van der Waals surface area contributed by atoms with Gasteiger partial charge in [-0.15, -0.1) is 0 Å². The Balaban J connectivity index is 1.54. The molecule has 0 saturated heterocycles. The highest BCUT2D eigenvalue weighted by Crippen LogP contribution is 2.56. The number of aliphatic hydroxyl groups is 4. The SMILES string of the molecule is CC1c2ccc(NC(=O)CNCc3ccccc3)c(O)c2C(O)=C2C(=O)C3(O)C(O)=C(C(N)=O)C(=O)[C@@H](N(C)C)C3C(O)C21. The lowest BCUT2D eigenvalue weighted by molar-refractivity contribution is -0.169. The molecule has 3 aliphatic carbocycles. The number of primary amides is 1. The van der Waals surface area contributed by atoms with Gasteiger partial charge in [0.2, 0.25) is 11.7 Å². The highest BCUT2D eigenvalue weighted by atomic mass is 16.4. The fraction of sp³-hybridized carbons (Fsp3) is 0.355. The molecule has 13 heteroatoms. The summed E-state index contributed by atoms with van der Waals surface area (Å²) in [5.41, 5.74) is 1.84. The molecule has 0 aromatic heterocycles. The number of rotatable bonds is 7. The number of phenolic OH excluding ortho intramolecular Hbond substituents is 1. The van der Waals surface area contributed by atoms with Gasteiger partial charge in [-0.1, -0.05) is 43.3 Å². The van der Waals surface area contributed by atoms with E-state index in [0.717, 1.165) is 5.56 Å². The fourth-order valence-electron chi connectivity index (χ4n) is 6.83. The molecule has 0 spiro atoms. The number of nitrogens with one attached hydrogen (secondary N) is 2. The van der Waals surface area contributed by atoms with Crippen LogP contribution in [0.3, 0.4) is 0 Å². The number of fused-ring (bicyclic) bond motifs is 3. The van der Waals surface area contributed by atoms with Gasteiger partial charge in [-0.25, -0.2) is 0 Å². The van der Waals surface area contributed by atoms with Gasteiger partial charge in [0.1, 0.15) is 22.8 Å². The highest BCUT2D eigenvalue weighted by Gasteiger charge is 2.68. The third kappa shape index (κ3) is 4.56. The lowest BCUT2D eigenvalue weighted by atomic mass is 9.54. The van der Waals surface area contributed by atoms with Gasteiger partial charge in [-0.3, -0.25) is 24.1 Å². The minimum absolute atomic E-state index is 0.0665. The summed E-state index contributed by atoms with van der Waals surface area (Å²) in [6, 6.07) is 10.9. The molecule has 9 N–H and O–H groups in total. The molecule has 2 aromatic carbocycles. The Bertz CT molecular complexity index is 1630. The molecule has 0 radical (unpaired) electrons. The van der Waals surface area contributed by atoms with Gasteiger partial charge in [-0.05, 0) is 37.2 Å². The van der Waals surface area contributed by atoms with Crippen molar-refractivity contribution in [3.8, 4) is 5.75 Å². The van der Waals surface area contributed by atoms with Crippen LogP contribution in [0.4, 0.5) is 5.69 Å². The van der Waals surface area contributed by atoms with E-state index in [1.807, 2.05) is 30.3 Å². The minimum atomic E-state index is -3.00. The molecule has 13 nitrogen and oxygen atoms in total. The highest BCUT2D eigenvalue weighted by molar-refractivity contribution is 6.24. The second kappa shape index (κ2) is 11.2. The van der Waals surface area contributed by atoms with Crippen molar-refractivity contribution in [2.45, 2.75) is 37.1 Å². The number of nitrogens with zero attached hydrogens (tertiary/aromatic N) is 1. The third-order valence-corrected chi connectivity index (χ3v) is 8.86. The van der Waals surface area contributed by atoms with Crippen molar-refractivity contribution in [3.05, 3.63) is 76.1 Å². The Hall–Kier alpha value is -4.56. The van der Waals surface area contributed by atoms with Gasteiger partial charge in [-0.2, -0.15) is 0 Å². The lowest BCUT2D eigenvalue weighted by Gasteiger charge is -2.53. The number of carbonyl (C=O) groups excluding carboxylic acids is 4. The first-order valence-corrected chi connectivity index (χ1v) is 14.0. The number of Topliss-reactive ketones (excluding diaryl/α,β-unsaturated/α-hetero) is 2. The predicted molar refractivity (Wildman–Crippen MR) is 157 cm³/mol. The topological polar surface area (TPSA) is 223 Å². The average molecular weight is 607 g/mol. The number of anilines is 1. The molecule has 232 valence electrons. The molecule has 1 saturated carbocycles. The van der Waals surface area contributed by atoms with Gasteiger partial charge >= 0.3 is 0 Å². The summed E-state index contributed by atoms with van der Waals surface area (Å²) in [5, 5.41) is 62.6. The van der Waals surface area contributed by atoms with Crippen LogP contribution in [0.15, 0.2) is 59.4 Å². The van der Waals surface area contributed by atoms with Crippen molar-refractivity contribution in [2.24, 2.45) is 17.6 Å². The number of benzene rings is 2. The first-order valence-electron chi connectivity index (χ1n) is 14.0. The predicted octanol–water partition coefficient (Wildman–Crippen LogP) is 0.224. The molecule has 0 heterocycles. The zero-order valence-electron chi connectivity index (χ0n) is 24.2. The van der Waals surface area contributed by atoms with Crippen LogP contribution in [0.1, 0.15) is 29.5 Å². The summed E-state index contributed by atoms with van der Waals surface area (Å²) in [5.74, 6) is -10.4. The number of amides is 2. The lowest BCUT2D eigenvalue weighted by Crippen LogP contribution is -2.70. The van der Waals surface area contributed by atoms with Crippen LogP contribution in [-0.4, -0.2) is 92.2 Å². The standard InChI is InChI=1S/C31H34N4O9/c1-13-15-9-10-16(34-17(36)12-33-11-14-7-5-4-6-8-14)24(37)19(15)25(38)20-18(13)26(39)22-23(35(2)3)27(40)21(30(32)43)29(42)31(22,44)28(20)41/h4-10,13,18,22-23,26,33,37-39,42,44H,11-12H2,1-3H3,(H2,32,43)(H,34,36)/t13?,18?,22?,23-,26?,31?/m0/s1. The zero-order valence-corrected chi connectivity index (χ0v) is 24.2. The van der Waals surface area contributed by atoms with Gasteiger partial charge in [0.15, 0.2) is 11.4 Å². The van der Waals surface area contributed by atoms with Crippen LogP contribution >= 0.6 is 0 Å². The van der Waals surface area contributed by atoms with Gasteiger partial charge in [0, 0.05) is 18.0 Å². The number of nitrogens with two attached hydrogens (primary N) is 1. The summed E-state index contributed by atoms with van der Waals surface area (Å²) < 4.78 is 0. The Morgan fingerprint density at radius 1 is 1.05 bits per heavy atom. The van der Waals surface area contributed by atoms with Crippen LogP contribution < -0.4 is 16.4 Å². The van der Waals surface area contributed by atoms with Crippen molar-refractivity contribution in [3.63, 3.8) is 0 Å². The van der Waals surface area contributed by atoms with Crippen LogP contribution in [0.25, 0.3) is 5.76 Å². The maximum absolute atomic E-state index is 14.1. The number of phenols is 1. The first-order chi connectivity index (χ1) is 20.7. The molecular weight excluding hydrogens is 572 g/mol. The maximum Gasteiger partial charge on any atom is 0.255 e. The number of hydrogen-bond acceptors (Lipinski definition) is 11. The largest absolute Gasteiger partial charge is 0.508 e. The zero-order chi connectivity index (χ0) is 32.2. The van der Waals surface area contributed by atoms with E-state index in [2.05, 4.69) is 10.6 Å². The van der Waals surface area contributed by atoms with E-state index in [0.29, 0.717) is 12.1 Å². The van der Waals surface area contributed by atoms with E-state index >= 15 is 0 Å². The fourth-order valence-corrected chi connectivity index (χ4v) is 6.83. The van der Waals surface area contributed by atoms with E-state index in [4.69, 9.17) is 5.73 Å². The Kier molecular flexibility index (Phi) is 7.84. The number of carbonyl (C=O) groups is 4. The van der Waals surface area contributed by atoms with Crippen molar-refractivity contribution in [2.75, 3.05) is 26.0 Å². The Morgan fingerprint density at radius 2 is 1.70 bits per heavy atom.